The molecule has 2 aromatic rings. The van der Waals surface area contributed by atoms with Gasteiger partial charge in [0, 0.05) is 36.3 Å². The number of ether oxygens (including phenoxy) is 4. The number of methoxy groups -OCH3 is 2. The highest BCUT2D eigenvalue weighted by Crippen LogP contribution is 2.44. The smallest absolute Gasteiger partial charge is 0.267 e. The third-order valence-electron chi connectivity index (χ3n) is 8.65. The summed E-state index contributed by atoms with van der Waals surface area (Å²) in [4.78, 5) is 29.9. The van der Waals surface area contributed by atoms with Crippen molar-refractivity contribution in [3.05, 3.63) is 35.4 Å². The van der Waals surface area contributed by atoms with E-state index >= 15 is 0 Å². The Morgan fingerprint density at radius 3 is 1.32 bits per heavy atom. The molecule has 0 saturated carbocycles. The monoisotopic (exact) mass is 824 g/mol. The maximum atomic E-state index is 14.7. The molecule has 4 rings (SSSR count). The summed E-state index contributed by atoms with van der Waals surface area (Å²) in [5.74, 6) is -4.05. The van der Waals surface area contributed by atoms with Crippen LogP contribution in [-0.2, 0) is 0 Å². The Bertz CT molecular complexity index is 1470. The average molecular weight is 825 g/mol. The minimum atomic E-state index is -3.04. The number of rotatable bonds is 18. The number of benzene rings is 2. The van der Waals surface area contributed by atoms with Gasteiger partial charge >= 0.3 is 0 Å². The van der Waals surface area contributed by atoms with Gasteiger partial charge in [-0.1, -0.05) is 27.7 Å². The van der Waals surface area contributed by atoms with E-state index in [0.29, 0.717) is 23.0 Å². The molecule has 53 heavy (non-hydrogen) atoms. The van der Waals surface area contributed by atoms with Gasteiger partial charge in [0.15, 0.2) is 23.0 Å². The number of nitrogens with zero attached hydrogens (tertiary/aromatic N) is 2. The largest absolute Gasteiger partial charge is 0.493 e. The van der Waals surface area contributed by atoms with Gasteiger partial charge in [-0.25, -0.2) is 17.6 Å². The van der Waals surface area contributed by atoms with Gasteiger partial charge in [-0.3, -0.25) is 9.59 Å². The third kappa shape index (κ3) is 10.3. The second kappa shape index (κ2) is 18.8. The molecule has 10 nitrogen and oxygen atoms in total. The summed E-state index contributed by atoms with van der Waals surface area (Å²) in [5.41, 5.74) is 12.6. The van der Waals surface area contributed by atoms with E-state index in [1.54, 1.807) is 0 Å². The zero-order chi connectivity index (χ0) is 39.1. The van der Waals surface area contributed by atoms with Crippen molar-refractivity contribution in [2.45, 2.75) is 73.6 Å². The first-order valence-corrected chi connectivity index (χ1v) is 21.4. The summed E-state index contributed by atoms with van der Waals surface area (Å²) in [6.07, 6.45) is -0.874. The van der Waals surface area contributed by atoms with Crippen molar-refractivity contribution in [1.29, 1.82) is 0 Å². The van der Waals surface area contributed by atoms with Gasteiger partial charge < -0.3 is 40.2 Å². The topological polar surface area (TPSA) is 130 Å². The molecule has 0 aliphatic carbocycles. The molecular formula is C35H48F4N4O6S4. The molecule has 2 atom stereocenters. The van der Waals surface area contributed by atoms with E-state index < -0.39 is 68.5 Å². The Labute approximate surface area is 325 Å². The fourth-order valence-corrected chi connectivity index (χ4v) is 11.9. The number of carbonyl (C=O) groups excluding carboxylic acids is 2. The van der Waals surface area contributed by atoms with Crippen LogP contribution in [0.5, 0.6) is 23.0 Å². The number of anilines is 2. The van der Waals surface area contributed by atoms with E-state index in [0.717, 1.165) is 0 Å². The molecule has 2 heterocycles. The third-order valence-corrected chi connectivity index (χ3v) is 14.2. The van der Waals surface area contributed by atoms with Crippen LogP contribution in [0.1, 0.15) is 61.3 Å². The lowest BCUT2D eigenvalue weighted by Gasteiger charge is -2.30. The Balaban J connectivity index is 1.51. The molecule has 2 fully saturated rings. The van der Waals surface area contributed by atoms with Crippen molar-refractivity contribution >= 4 is 70.2 Å². The molecule has 2 saturated heterocycles. The predicted octanol–water partition coefficient (Wildman–Crippen LogP) is 7.65. The van der Waals surface area contributed by atoms with Gasteiger partial charge in [0.1, 0.15) is 0 Å². The Morgan fingerprint density at radius 1 is 0.679 bits per heavy atom. The van der Waals surface area contributed by atoms with Crippen LogP contribution >= 0.6 is 47.0 Å². The quantitative estimate of drug-likeness (QED) is 0.0871. The number of amides is 2. The van der Waals surface area contributed by atoms with E-state index in [2.05, 4.69) is 0 Å². The Hall–Kier alpha value is -2.70. The average Bonchev–Trinajstić information content (AvgIpc) is 3.62. The standard InChI is InChI=1S/C35H48F4N4O6S4/c1-7-50-32(51-8-2)24-15-34(36,37)17-42(24)30(44)20-11-26(46-5)28(13-22(20)40)48-19-49-29-14-23(41)21(12-27(29)47-6)31(45)43-18-35(38,39)16-25(43)33(52-9-3)53-10-4/h11-14,24-25,32-33H,7-10,15-19,40-41H2,1-6H3/t24-,25-/m0/s1. The van der Waals surface area contributed by atoms with Gasteiger partial charge in [-0.05, 0) is 35.1 Å². The number of hydrogen-bond acceptors (Lipinski definition) is 12. The molecule has 2 aliphatic heterocycles. The summed E-state index contributed by atoms with van der Waals surface area (Å²) < 4.78 is 81.0. The van der Waals surface area contributed by atoms with Gasteiger partial charge in [0.05, 0.1) is 59.7 Å². The molecule has 0 aromatic heterocycles. The zero-order valence-corrected chi connectivity index (χ0v) is 33.9. The SMILES string of the molecule is CCSC(SCC)[C@@H]1CC(F)(F)CN1C(=O)c1cc(OC)c(OCOc2cc(N)c(C(=O)N3CC(F)(F)C[C@H]3C(SCC)SCC)cc2OC)cc1N. The molecule has 2 aromatic carbocycles. The fourth-order valence-electron chi connectivity index (χ4n) is 6.36. The summed E-state index contributed by atoms with van der Waals surface area (Å²) in [7, 11) is 2.72. The van der Waals surface area contributed by atoms with Crippen LogP contribution in [0.4, 0.5) is 28.9 Å². The van der Waals surface area contributed by atoms with Crippen molar-refractivity contribution in [3.8, 4) is 23.0 Å². The van der Waals surface area contributed by atoms with Crippen LogP contribution in [0, 0.1) is 0 Å². The molecule has 0 unspecified atom stereocenters. The zero-order valence-electron chi connectivity index (χ0n) is 30.6. The molecule has 18 heteroatoms. The number of halogens is 4. The van der Waals surface area contributed by atoms with Crippen molar-refractivity contribution in [2.75, 3.05) is 68.6 Å². The van der Waals surface area contributed by atoms with Gasteiger partial charge in [0.2, 0.25) is 6.79 Å². The maximum absolute atomic E-state index is 14.7. The minimum absolute atomic E-state index is 0.000152. The van der Waals surface area contributed by atoms with Crippen LogP contribution < -0.4 is 30.4 Å². The minimum Gasteiger partial charge on any atom is -0.493 e. The van der Waals surface area contributed by atoms with Crippen LogP contribution in [0.25, 0.3) is 0 Å². The number of thioether (sulfide) groups is 4. The highest BCUT2D eigenvalue weighted by molar-refractivity contribution is 8.17. The number of carbonyl (C=O) groups is 2. The molecule has 0 spiro atoms. The van der Waals surface area contributed by atoms with Gasteiger partial charge in [0.25, 0.3) is 23.7 Å². The van der Waals surface area contributed by atoms with E-state index in [4.69, 9.17) is 30.4 Å². The highest BCUT2D eigenvalue weighted by Gasteiger charge is 2.51. The van der Waals surface area contributed by atoms with Crippen molar-refractivity contribution in [3.63, 3.8) is 0 Å². The summed E-state index contributed by atoms with van der Waals surface area (Å²) in [6.45, 7) is 5.94. The first-order chi connectivity index (χ1) is 25.1. The summed E-state index contributed by atoms with van der Waals surface area (Å²) in [6, 6.07) is 4.03. The van der Waals surface area contributed by atoms with Crippen molar-refractivity contribution < 1.29 is 46.1 Å². The van der Waals surface area contributed by atoms with Crippen molar-refractivity contribution in [1.82, 2.24) is 9.80 Å². The Morgan fingerprint density at radius 2 is 1.02 bits per heavy atom. The Kier molecular flexibility index (Phi) is 15.2. The molecule has 0 radical (unpaired) electrons. The molecule has 296 valence electrons. The molecule has 0 bridgehead atoms. The second-order valence-electron chi connectivity index (χ2n) is 12.3. The number of nitrogens with two attached hydrogens (primary N) is 2. The lowest BCUT2D eigenvalue weighted by atomic mass is 10.1. The normalized spacial score (nSPS) is 19.2. The fraction of sp³-hybridized carbons (Fsp3) is 0.600. The van der Waals surface area contributed by atoms with Gasteiger partial charge in [-0.15, -0.1) is 47.0 Å². The van der Waals surface area contributed by atoms with Crippen LogP contribution in [0.3, 0.4) is 0 Å². The number of likely N-dealkylation sites (tertiary alicyclic amines) is 2. The summed E-state index contributed by atoms with van der Waals surface area (Å²) >= 11 is 6.13. The summed E-state index contributed by atoms with van der Waals surface area (Å²) in [5, 5.41) is 0. The predicted molar refractivity (Wildman–Crippen MR) is 210 cm³/mol. The van der Waals surface area contributed by atoms with E-state index in [9.17, 15) is 27.2 Å². The highest BCUT2D eigenvalue weighted by atomic mass is 32.2. The first-order valence-electron chi connectivity index (χ1n) is 17.2. The lowest BCUT2D eigenvalue weighted by molar-refractivity contribution is 0.0115. The second-order valence-corrected chi connectivity index (χ2v) is 18.5. The number of nitrogen functional groups attached to an aromatic ring is 2. The van der Waals surface area contributed by atoms with Gasteiger partial charge in [-0.2, -0.15) is 0 Å². The molecule has 2 amide bonds. The van der Waals surface area contributed by atoms with E-state index in [1.165, 1.54) is 95.3 Å². The van der Waals surface area contributed by atoms with Crippen molar-refractivity contribution in [2.24, 2.45) is 0 Å². The number of hydrogen-bond donors (Lipinski definition) is 2. The molecule has 4 N–H and O–H groups in total. The van der Waals surface area contributed by atoms with E-state index in [1.807, 2.05) is 27.7 Å². The van der Waals surface area contributed by atoms with Crippen LogP contribution in [-0.4, -0.2) is 112 Å². The number of alkyl halides is 4. The lowest BCUT2D eigenvalue weighted by Crippen LogP contribution is -2.41. The van der Waals surface area contributed by atoms with E-state index in [-0.39, 0.29) is 54.7 Å². The van der Waals surface area contributed by atoms with Crippen LogP contribution in [0.15, 0.2) is 24.3 Å². The van der Waals surface area contributed by atoms with Crippen LogP contribution in [0.2, 0.25) is 0 Å². The molecule has 2 aliphatic rings. The first kappa shape index (κ1) is 43.0. The maximum Gasteiger partial charge on any atom is 0.267 e. The molecular weight excluding hydrogens is 777 g/mol.